The van der Waals surface area contributed by atoms with Crippen LogP contribution in [0.2, 0.25) is 0 Å². The first-order valence-corrected chi connectivity index (χ1v) is 13.8. The van der Waals surface area contributed by atoms with E-state index >= 15 is 0 Å². The third kappa shape index (κ3) is 5.35. The molecule has 0 aliphatic heterocycles. The maximum absolute atomic E-state index is 12.0. The third-order valence-electron chi connectivity index (χ3n) is 4.96. The third-order valence-corrected chi connectivity index (χ3v) is 7.40. The topological polar surface area (TPSA) is 232 Å². The predicted molar refractivity (Wildman–Crippen MR) is 132 cm³/mol. The average Bonchev–Trinajstić information content (AvgIpc) is 3.27. The van der Waals surface area contributed by atoms with Crippen LogP contribution in [-0.4, -0.2) is 50.8 Å². The molecule has 0 unspecified atom stereocenters. The molecular formula is C19H11IN6O10S2. The Morgan fingerprint density at radius 3 is 2.13 bits per heavy atom. The van der Waals surface area contributed by atoms with E-state index in [1.54, 1.807) is 24.3 Å². The summed E-state index contributed by atoms with van der Waals surface area (Å²) in [4.78, 5) is 21.1. The van der Waals surface area contributed by atoms with Gasteiger partial charge >= 0.3 is 11.5 Å². The zero-order chi connectivity index (χ0) is 28.0. The van der Waals surface area contributed by atoms with Crippen LogP contribution in [-0.2, 0) is 20.2 Å². The van der Waals surface area contributed by atoms with Gasteiger partial charge in [0.15, 0.2) is 0 Å². The van der Waals surface area contributed by atoms with Crippen molar-refractivity contribution in [2.75, 3.05) is 0 Å². The van der Waals surface area contributed by atoms with Crippen molar-refractivity contribution in [2.24, 2.45) is 0 Å². The molecule has 3 aromatic carbocycles. The molecule has 19 heteroatoms. The molecule has 1 heterocycles. The lowest BCUT2D eigenvalue weighted by Gasteiger charge is -2.10. The number of hydrogen-bond acceptors (Lipinski definition) is 11. The minimum Gasteiger partial charge on any atom is -0.744 e. The second kappa shape index (κ2) is 9.75. The Morgan fingerprint density at radius 2 is 1.58 bits per heavy atom. The molecule has 0 aliphatic rings. The highest BCUT2D eigenvalue weighted by Gasteiger charge is 2.33. The smallest absolute Gasteiger partial charge is 0.341 e. The van der Waals surface area contributed by atoms with Crippen LogP contribution in [0.3, 0.4) is 0 Å². The summed E-state index contributed by atoms with van der Waals surface area (Å²) >= 11 is 2.02. The average molecular weight is 674 g/mol. The maximum atomic E-state index is 12.0. The standard InChI is InChI=1S/C19H11IN6O10S2/c20-11-1-3-12(4-2-11)23-21-19(15-7-6-14(37(31,32)33)10-18(15)38(34,35)36)22-24(23)16-8-5-13(25(27)28)9-17(16)26(29)30/h1-10H,(H-,31,32,33,34,35,36). The van der Waals surface area contributed by atoms with Crippen LogP contribution in [0, 0.1) is 23.8 Å². The fourth-order valence-corrected chi connectivity index (χ4v) is 4.93. The van der Waals surface area contributed by atoms with Crippen LogP contribution in [0.25, 0.3) is 22.8 Å². The monoisotopic (exact) mass is 674 g/mol. The summed E-state index contributed by atoms with van der Waals surface area (Å²) in [7, 11) is -10.2. The van der Waals surface area contributed by atoms with E-state index in [1.165, 1.54) is 0 Å². The van der Waals surface area contributed by atoms with Gasteiger partial charge in [-0.1, -0.05) is 0 Å². The number of nitrogens with zero attached hydrogens (tertiary/aromatic N) is 6. The Kier molecular flexibility index (Phi) is 6.96. The first-order chi connectivity index (χ1) is 17.7. The summed E-state index contributed by atoms with van der Waals surface area (Å²) in [6.07, 6.45) is 0. The lowest BCUT2D eigenvalue weighted by atomic mass is 10.2. The molecule has 0 aliphatic carbocycles. The highest BCUT2D eigenvalue weighted by molar-refractivity contribution is 14.1. The molecule has 0 amide bonds. The number of nitro groups is 2. The van der Waals surface area contributed by atoms with E-state index in [0.717, 1.165) is 37.4 Å². The minimum atomic E-state index is -5.35. The van der Waals surface area contributed by atoms with Gasteiger partial charge in [-0.3, -0.25) is 24.8 Å². The fourth-order valence-electron chi connectivity index (χ4n) is 3.28. The normalized spacial score (nSPS) is 11.9. The summed E-state index contributed by atoms with van der Waals surface area (Å²) in [5.74, 6) is -0.479. The van der Waals surface area contributed by atoms with E-state index in [1.807, 2.05) is 22.6 Å². The van der Waals surface area contributed by atoms with Crippen molar-refractivity contribution < 1.29 is 40.6 Å². The van der Waals surface area contributed by atoms with Crippen LogP contribution >= 0.6 is 22.6 Å². The molecule has 1 N–H and O–H groups in total. The summed E-state index contributed by atoms with van der Waals surface area (Å²) < 4.78 is 69.0. The first kappa shape index (κ1) is 27.1. The minimum absolute atomic E-state index is 0.262. The molecule has 1 aromatic heterocycles. The number of rotatable bonds is 7. The van der Waals surface area contributed by atoms with Crippen LogP contribution in [0.5, 0.6) is 0 Å². The zero-order valence-corrected chi connectivity index (χ0v) is 22.1. The highest BCUT2D eigenvalue weighted by Crippen LogP contribution is 2.29. The van der Waals surface area contributed by atoms with Crippen molar-refractivity contribution in [3.05, 3.63) is 84.5 Å². The Balaban J connectivity index is 2.06. The summed E-state index contributed by atoms with van der Waals surface area (Å²) in [6, 6.07) is 11.2. The molecule has 0 saturated heterocycles. The van der Waals surface area contributed by atoms with Crippen molar-refractivity contribution in [1.29, 1.82) is 0 Å². The molecule has 4 rings (SSSR count). The Labute approximate surface area is 226 Å². The van der Waals surface area contributed by atoms with Gasteiger partial charge in [0.25, 0.3) is 21.5 Å². The number of aromatic nitrogens is 4. The van der Waals surface area contributed by atoms with Gasteiger partial charge in [-0.2, -0.15) is 8.42 Å². The summed E-state index contributed by atoms with van der Waals surface area (Å²) in [6.45, 7) is 0. The Hall–Kier alpha value is -3.92. The van der Waals surface area contributed by atoms with E-state index in [-0.39, 0.29) is 11.4 Å². The maximum Gasteiger partial charge on any atom is 0.341 e. The number of benzene rings is 3. The lowest BCUT2D eigenvalue weighted by molar-refractivity contribution is -0.736. The molecule has 0 radical (unpaired) electrons. The first-order valence-electron chi connectivity index (χ1n) is 9.83. The van der Waals surface area contributed by atoms with Gasteiger partial charge in [0, 0.05) is 20.5 Å². The number of non-ortho nitro benzene ring substituents is 1. The quantitative estimate of drug-likeness (QED) is 0.0972. The van der Waals surface area contributed by atoms with Crippen LogP contribution < -0.4 is 4.80 Å². The van der Waals surface area contributed by atoms with Crippen molar-refractivity contribution in [2.45, 2.75) is 9.79 Å². The molecule has 0 fully saturated rings. The van der Waals surface area contributed by atoms with E-state index in [0.29, 0.717) is 12.1 Å². The van der Waals surface area contributed by atoms with E-state index < -0.39 is 62.6 Å². The van der Waals surface area contributed by atoms with Crippen molar-refractivity contribution in [1.82, 2.24) is 15.0 Å². The molecule has 0 saturated carbocycles. The van der Waals surface area contributed by atoms with Crippen LogP contribution in [0.15, 0.2) is 70.5 Å². The second-order valence-electron chi connectivity index (χ2n) is 7.35. The van der Waals surface area contributed by atoms with Crippen molar-refractivity contribution >= 4 is 54.2 Å². The van der Waals surface area contributed by atoms with E-state index in [2.05, 4.69) is 10.2 Å². The molecule has 0 atom stereocenters. The molecule has 38 heavy (non-hydrogen) atoms. The molecule has 4 aromatic rings. The summed E-state index contributed by atoms with van der Waals surface area (Å²) in [5.41, 5.74) is -1.85. The van der Waals surface area contributed by atoms with E-state index in [9.17, 15) is 46.2 Å². The van der Waals surface area contributed by atoms with Crippen molar-refractivity contribution in [3.63, 3.8) is 0 Å². The summed E-state index contributed by atoms with van der Waals surface area (Å²) in [5, 5.41) is 31.2. The van der Waals surface area contributed by atoms with Gasteiger partial charge < -0.3 is 4.55 Å². The number of nitro benzene ring substituents is 2. The lowest BCUT2D eigenvalue weighted by Crippen LogP contribution is -2.43. The molecule has 0 spiro atoms. The number of hydrogen-bond donors (Lipinski definition) is 1. The Bertz CT molecular complexity index is 1840. The van der Waals surface area contributed by atoms with Gasteiger partial charge in [0.05, 0.1) is 36.4 Å². The van der Waals surface area contributed by atoms with Gasteiger partial charge in [-0.15, -0.1) is 0 Å². The molecule has 0 bridgehead atoms. The number of halogens is 1. The van der Waals surface area contributed by atoms with Crippen LogP contribution in [0.4, 0.5) is 11.4 Å². The predicted octanol–water partition coefficient (Wildman–Crippen LogP) is 1.78. The fraction of sp³-hybridized carbons (Fsp3) is 0. The van der Waals surface area contributed by atoms with Gasteiger partial charge in [0.1, 0.15) is 15.8 Å². The molecule has 16 nitrogen and oxygen atoms in total. The van der Waals surface area contributed by atoms with Gasteiger partial charge in [0.2, 0.25) is 0 Å². The molecular weight excluding hydrogens is 663 g/mol. The van der Waals surface area contributed by atoms with E-state index in [4.69, 9.17) is 0 Å². The SMILES string of the molecule is O=[N+]([O-])c1ccc(-[n+]2nc(-c3ccc(S(=O)(=O)O)cc3S(=O)(=O)[O-])nn2-c2ccc(I)cc2)c([N+](=O)[O-])c1. The zero-order valence-electron chi connectivity index (χ0n) is 18.3. The largest absolute Gasteiger partial charge is 0.744 e. The highest BCUT2D eigenvalue weighted by atomic mass is 127. The van der Waals surface area contributed by atoms with Crippen molar-refractivity contribution in [3.8, 4) is 22.8 Å². The van der Waals surface area contributed by atoms with Gasteiger partial charge in [-0.05, 0) is 75.0 Å². The molecule has 196 valence electrons. The number of tetrazole rings is 1. The second-order valence-corrected chi connectivity index (χ2v) is 11.4. The van der Waals surface area contributed by atoms with Crippen LogP contribution in [0.1, 0.15) is 0 Å². The Morgan fingerprint density at radius 1 is 0.921 bits per heavy atom. The van der Waals surface area contributed by atoms with Gasteiger partial charge in [-0.25, -0.2) is 8.42 Å².